The minimum absolute atomic E-state index is 0.106. The molecular weight excluding hydrogens is 256 g/mol. The zero-order valence-corrected chi connectivity index (χ0v) is 11.5. The van der Waals surface area contributed by atoms with Gasteiger partial charge in [-0.05, 0) is 30.7 Å². The Kier molecular flexibility index (Phi) is 4.76. The third-order valence-corrected chi connectivity index (χ3v) is 2.98. The first kappa shape index (κ1) is 14.1. The van der Waals surface area contributed by atoms with Gasteiger partial charge in [-0.15, -0.1) is 0 Å². The molecule has 0 radical (unpaired) electrons. The van der Waals surface area contributed by atoms with Gasteiger partial charge in [-0.2, -0.15) is 0 Å². The Balaban J connectivity index is 1.95. The van der Waals surface area contributed by atoms with Crippen LogP contribution in [0.25, 0.3) is 0 Å². The predicted octanol–water partition coefficient (Wildman–Crippen LogP) is 2.34. The van der Waals surface area contributed by atoms with E-state index in [0.717, 1.165) is 12.1 Å². The van der Waals surface area contributed by atoms with Crippen molar-refractivity contribution in [3.63, 3.8) is 0 Å². The van der Waals surface area contributed by atoms with Crippen LogP contribution in [-0.2, 0) is 4.74 Å². The Bertz CT molecular complexity index is 508. The molecule has 1 aliphatic rings. The fraction of sp³-hybridized carbons (Fsp3) is 0.333. The number of carbonyl (C=O) groups is 2. The fourth-order valence-corrected chi connectivity index (χ4v) is 1.94. The van der Waals surface area contributed by atoms with E-state index in [1.165, 1.54) is 0 Å². The van der Waals surface area contributed by atoms with Gasteiger partial charge in [0, 0.05) is 18.8 Å². The molecule has 20 heavy (non-hydrogen) atoms. The molecule has 1 heterocycles. The van der Waals surface area contributed by atoms with Gasteiger partial charge in [-0.25, -0.2) is 9.59 Å². The highest BCUT2D eigenvalue weighted by molar-refractivity contribution is 5.95. The number of ether oxygens (including phenoxy) is 1. The molecule has 1 aliphatic heterocycles. The molecule has 1 aromatic rings. The molecule has 5 nitrogen and oxygen atoms in total. The van der Waals surface area contributed by atoms with Crippen LogP contribution in [0.1, 0.15) is 23.7 Å². The maximum atomic E-state index is 11.8. The van der Waals surface area contributed by atoms with Crippen molar-refractivity contribution in [3.05, 3.63) is 42.0 Å². The van der Waals surface area contributed by atoms with Crippen LogP contribution in [0.2, 0.25) is 0 Å². The lowest BCUT2D eigenvalue weighted by Crippen LogP contribution is -2.27. The summed E-state index contributed by atoms with van der Waals surface area (Å²) in [6, 6.07) is 6.75. The molecule has 1 N–H and O–H groups in total. The largest absolute Gasteiger partial charge is 0.458 e. The Morgan fingerprint density at radius 1 is 1.35 bits per heavy atom. The Hall–Kier alpha value is -2.30. The summed E-state index contributed by atoms with van der Waals surface area (Å²) in [5, 5.41) is 2.73. The van der Waals surface area contributed by atoms with Gasteiger partial charge in [0.05, 0.1) is 5.56 Å². The fourth-order valence-electron chi connectivity index (χ4n) is 1.94. The molecule has 0 bridgehead atoms. The summed E-state index contributed by atoms with van der Waals surface area (Å²) < 4.78 is 5.10. The number of anilines is 1. The monoisotopic (exact) mass is 274 g/mol. The second kappa shape index (κ2) is 6.75. The standard InChI is InChI=1S/C15H18N2O3/c1-2-3-4-11-20-14(18)12-5-7-13(8-6-12)17-10-9-16-15(17)19/h3-8H,2,9-11H2,1H3,(H,16,19)/b4-3+. The molecule has 0 aromatic heterocycles. The molecule has 106 valence electrons. The third-order valence-electron chi connectivity index (χ3n) is 2.98. The van der Waals surface area contributed by atoms with E-state index < -0.39 is 0 Å². The van der Waals surface area contributed by atoms with Crippen molar-refractivity contribution in [1.29, 1.82) is 0 Å². The quantitative estimate of drug-likeness (QED) is 0.662. The Morgan fingerprint density at radius 2 is 2.10 bits per heavy atom. The van der Waals surface area contributed by atoms with E-state index in [0.29, 0.717) is 18.7 Å². The average Bonchev–Trinajstić information content (AvgIpc) is 2.90. The van der Waals surface area contributed by atoms with Crippen LogP contribution in [0.4, 0.5) is 10.5 Å². The molecule has 0 aliphatic carbocycles. The summed E-state index contributed by atoms with van der Waals surface area (Å²) in [4.78, 5) is 24.9. The van der Waals surface area contributed by atoms with E-state index in [1.807, 2.05) is 19.1 Å². The molecule has 5 heteroatoms. The van der Waals surface area contributed by atoms with Gasteiger partial charge in [0.15, 0.2) is 0 Å². The number of benzene rings is 1. The molecule has 0 spiro atoms. The van der Waals surface area contributed by atoms with Crippen LogP contribution >= 0.6 is 0 Å². The summed E-state index contributed by atoms with van der Waals surface area (Å²) in [6.45, 7) is 3.59. The number of allylic oxidation sites excluding steroid dienone is 1. The number of nitrogens with zero attached hydrogens (tertiary/aromatic N) is 1. The zero-order chi connectivity index (χ0) is 14.4. The summed E-state index contributed by atoms with van der Waals surface area (Å²) in [5.74, 6) is -0.358. The van der Waals surface area contributed by atoms with Crippen LogP contribution in [0.15, 0.2) is 36.4 Å². The van der Waals surface area contributed by atoms with Crippen LogP contribution in [0.5, 0.6) is 0 Å². The highest BCUT2D eigenvalue weighted by Gasteiger charge is 2.21. The maximum Gasteiger partial charge on any atom is 0.338 e. The summed E-state index contributed by atoms with van der Waals surface area (Å²) >= 11 is 0. The van der Waals surface area contributed by atoms with E-state index in [-0.39, 0.29) is 18.6 Å². The van der Waals surface area contributed by atoms with Gasteiger partial charge in [0.25, 0.3) is 0 Å². The number of urea groups is 1. The normalized spacial score (nSPS) is 14.7. The number of carbonyl (C=O) groups excluding carboxylic acids is 2. The van der Waals surface area contributed by atoms with Crippen LogP contribution in [0, 0.1) is 0 Å². The van der Waals surface area contributed by atoms with Gasteiger partial charge < -0.3 is 10.1 Å². The lowest BCUT2D eigenvalue weighted by Gasteiger charge is -2.14. The zero-order valence-electron chi connectivity index (χ0n) is 11.5. The van der Waals surface area contributed by atoms with Crippen molar-refractivity contribution in [1.82, 2.24) is 5.32 Å². The third kappa shape index (κ3) is 3.38. The lowest BCUT2D eigenvalue weighted by molar-refractivity contribution is 0.0549. The van der Waals surface area contributed by atoms with E-state index in [4.69, 9.17) is 4.74 Å². The van der Waals surface area contributed by atoms with E-state index >= 15 is 0 Å². The number of rotatable bonds is 5. The molecule has 0 saturated carbocycles. The molecule has 0 atom stereocenters. The van der Waals surface area contributed by atoms with Crippen LogP contribution in [0.3, 0.4) is 0 Å². The van der Waals surface area contributed by atoms with E-state index in [9.17, 15) is 9.59 Å². The summed E-state index contributed by atoms with van der Waals surface area (Å²) in [6.07, 6.45) is 4.69. The number of hydrogen-bond acceptors (Lipinski definition) is 3. The molecular formula is C15H18N2O3. The second-order valence-corrected chi connectivity index (χ2v) is 4.41. The topological polar surface area (TPSA) is 58.6 Å². The van der Waals surface area contributed by atoms with Gasteiger partial charge >= 0.3 is 12.0 Å². The van der Waals surface area contributed by atoms with Gasteiger partial charge in [-0.3, -0.25) is 4.90 Å². The molecule has 2 rings (SSSR count). The van der Waals surface area contributed by atoms with Crippen molar-refractivity contribution in [3.8, 4) is 0 Å². The summed E-state index contributed by atoms with van der Waals surface area (Å²) in [5.41, 5.74) is 1.26. The minimum Gasteiger partial charge on any atom is -0.458 e. The van der Waals surface area contributed by atoms with Gasteiger partial charge in [0.2, 0.25) is 0 Å². The molecule has 0 unspecified atom stereocenters. The maximum absolute atomic E-state index is 11.8. The van der Waals surface area contributed by atoms with Crippen molar-refractivity contribution in [2.75, 3.05) is 24.6 Å². The van der Waals surface area contributed by atoms with Crippen LogP contribution in [-0.4, -0.2) is 31.7 Å². The Labute approximate surface area is 118 Å². The van der Waals surface area contributed by atoms with Crippen molar-refractivity contribution < 1.29 is 14.3 Å². The first-order valence-corrected chi connectivity index (χ1v) is 6.70. The predicted molar refractivity (Wildman–Crippen MR) is 76.9 cm³/mol. The highest BCUT2D eigenvalue weighted by atomic mass is 16.5. The van der Waals surface area contributed by atoms with Crippen molar-refractivity contribution in [2.24, 2.45) is 0 Å². The molecule has 1 saturated heterocycles. The van der Waals surface area contributed by atoms with Gasteiger partial charge in [-0.1, -0.05) is 19.1 Å². The molecule has 1 aromatic carbocycles. The lowest BCUT2D eigenvalue weighted by atomic mass is 10.2. The second-order valence-electron chi connectivity index (χ2n) is 4.41. The number of nitrogens with one attached hydrogen (secondary N) is 1. The van der Waals surface area contributed by atoms with Crippen molar-refractivity contribution >= 4 is 17.7 Å². The molecule has 1 fully saturated rings. The van der Waals surface area contributed by atoms with Crippen molar-refractivity contribution in [2.45, 2.75) is 13.3 Å². The highest BCUT2D eigenvalue weighted by Crippen LogP contribution is 2.17. The number of esters is 1. The average molecular weight is 274 g/mol. The first-order valence-electron chi connectivity index (χ1n) is 6.70. The minimum atomic E-state index is -0.358. The molecule has 2 amide bonds. The Morgan fingerprint density at radius 3 is 2.70 bits per heavy atom. The summed E-state index contributed by atoms with van der Waals surface area (Å²) in [7, 11) is 0. The number of amides is 2. The smallest absolute Gasteiger partial charge is 0.338 e. The SMILES string of the molecule is CC/C=C/COC(=O)c1ccc(N2CCNC2=O)cc1. The van der Waals surface area contributed by atoms with E-state index in [2.05, 4.69) is 5.32 Å². The first-order chi connectivity index (χ1) is 9.72. The number of hydrogen-bond donors (Lipinski definition) is 1. The van der Waals surface area contributed by atoms with Gasteiger partial charge in [0.1, 0.15) is 6.61 Å². The van der Waals surface area contributed by atoms with E-state index in [1.54, 1.807) is 29.2 Å². The van der Waals surface area contributed by atoms with Crippen LogP contribution < -0.4 is 10.2 Å².